The number of rotatable bonds is 3. The highest BCUT2D eigenvalue weighted by atomic mass is 16.4. The molecule has 0 saturated heterocycles. The van der Waals surface area contributed by atoms with Crippen molar-refractivity contribution in [1.82, 2.24) is 4.90 Å². The van der Waals surface area contributed by atoms with E-state index in [-0.39, 0.29) is 0 Å². The van der Waals surface area contributed by atoms with Crippen molar-refractivity contribution in [2.45, 2.75) is 0 Å². The summed E-state index contributed by atoms with van der Waals surface area (Å²) in [5.41, 5.74) is 1.64. The van der Waals surface area contributed by atoms with Gasteiger partial charge in [0.05, 0.1) is 0 Å². The van der Waals surface area contributed by atoms with Gasteiger partial charge in [0.15, 0.2) is 0 Å². The first-order valence-electron chi connectivity index (χ1n) is 4.15. The van der Waals surface area contributed by atoms with Gasteiger partial charge in [-0.25, -0.2) is 0 Å². The van der Waals surface area contributed by atoms with E-state index in [0.717, 1.165) is 5.56 Å². The smallest absolute Gasteiger partial charge is 0.101 e. The summed E-state index contributed by atoms with van der Waals surface area (Å²) < 4.78 is 0. The highest BCUT2D eigenvalue weighted by Crippen LogP contribution is 2.01. The van der Waals surface area contributed by atoms with Gasteiger partial charge in [-0.1, -0.05) is 35.5 Å². The highest BCUT2D eigenvalue weighted by Gasteiger charge is 2.03. The summed E-state index contributed by atoms with van der Waals surface area (Å²) in [5.74, 6) is 0. The Kier molecular flexibility index (Phi) is 3.46. The van der Waals surface area contributed by atoms with Crippen LogP contribution in [0.3, 0.4) is 0 Å². The molecule has 0 aliphatic carbocycles. The topological polar surface area (TPSA) is 35.8 Å². The zero-order valence-electron chi connectivity index (χ0n) is 7.94. The molecule has 0 aliphatic heterocycles. The van der Waals surface area contributed by atoms with Crippen molar-refractivity contribution in [3.8, 4) is 0 Å². The van der Waals surface area contributed by atoms with Crippen molar-refractivity contribution in [3.63, 3.8) is 0 Å². The van der Waals surface area contributed by atoms with E-state index in [1.165, 1.54) is 0 Å². The first-order chi connectivity index (χ1) is 6.24. The predicted molar refractivity (Wildman–Crippen MR) is 53.3 cm³/mol. The maximum absolute atomic E-state index is 8.79. The summed E-state index contributed by atoms with van der Waals surface area (Å²) in [7, 11) is 3.88. The molecule has 0 spiro atoms. The van der Waals surface area contributed by atoms with Crippen LogP contribution in [0.2, 0.25) is 0 Å². The van der Waals surface area contributed by atoms with Crippen molar-refractivity contribution >= 4 is 5.71 Å². The lowest BCUT2D eigenvalue weighted by Gasteiger charge is -2.10. The zero-order chi connectivity index (χ0) is 9.68. The van der Waals surface area contributed by atoms with Gasteiger partial charge in [0, 0.05) is 12.1 Å². The molecule has 0 radical (unpaired) electrons. The van der Waals surface area contributed by atoms with E-state index in [9.17, 15) is 0 Å². The molecule has 1 N–H and O–H groups in total. The van der Waals surface area contributed by atoms with Crippen LogP contribution in [-0.4, -0.2) is 36.5 Å². The van der Waals surface area contributed by atoms with Crippen molar-refractivity contribution in [3.05, 3.63) is 35.9 Å². The van der Waals surface area contributed by atoms with Gasteiger partial charge < -0.3 is 10.1 Å². The molecule has 3 heteroatoms. The highest BCUT2D eigenvalue weighted by molar-refractivity contribution is 6.01. The van der Waals surface area contributed by atoms with E-state index < -0.39 is 0 Å². The molecule has 0 fully saturated rings. The van der Waals surface area contributed by atoms with Gasteiger partial charge >= 0.3 is 0 Å². The molecular weight excluding hydrogens is 164 g/mol. The molecule has 0 aliphatic rings. The van der Waals surface area contributed by atoms with Crippen molar-refractivity contribution in [2.75, 3.05) is 20.6 Å². The number of nitrogens with zero attached hydrogens (tertiary/aromatic N) is 2. The summed E-state index contributed by atoms with van der Waals surface area (Å²) in [5, 5.41) is 12.1. The first kappa shape index (κ1) is 9.74. The molecular formula is C10H14N2O. The van der Waals surface area contributed by atoms with Crippen LogP contribution in [0.15, 0.2) is 35.5 Å². The third kappa shape index (κ3) is 2.87. The summed E-state index contributed by atoms with van der Waals surface area (Å²) in [4.78, 5) is 1.96. The molecule has 1 rings (SSSR count). The van der Waals surface area contributed by atoms with Crippen molar-refractivity contribution in [2.24, 2.45) is 5.16 Å². The minimum Gasteiger partial charge on any atom is -0.411 e. The normalized spacial score (nSPS) is 12.1. The van der Waals surface area contributed by atoms with Crippen LogP contribution in [-0.2, 0) is 0 Å². The fourth-order valence-corrected chi connectivity index (χ4v) is 1.11. The molecule has 0 unspecified atom stereocenters. The molecule has 1 aromatic carbocycles. The van der Waals surface area contributed by atoms with Crippen molar-refractivity contribution < 1.29 is 5.21 Å². The second kappa shape index (κ2) is 4.62. The van der Waals surface area contributed by atoms with Gasteiger partial charge in [-0.3, -0.25) is 0 Å². The number of oxime groups is 1. The van der Waals surface area contributed by atoms with E-state index >= 15 is 0 Å². The predicted octanol–water partition coefficient (Wildman–Crippen LogP) is 1.43. The Hall–Kier alpha value is -1.35. The van der Waals surface area contributed by atoms with Gasteiger partial charge in [0.25, 0.3) is 0 Å². The monoisotopic (exact) mass is 178 g/mol. The number of likely N-dealkylation sites (N-methyl/N-ethyl adjacent to an activating group) is 1. The quantitative estimate of drug-likeness (QED) is 0.432. The van der Waals surface area contributed by atoms with Crippen LogP contribution in [0.1, 0.15) is 5.56 Å². The first-order valence-corrected chi connectivity index (χ1v) is 4.15. The molecule has 0 amide bonds. The average molecular weight is 178 g/mol. The molecule has 70 valence electrons. The molecule has 0 bridgehead atoms. The standard InChI is InChI=1S/C10H14N2O/c1-12(2)8-10(11-13)9-6-4-3-5-7-9/h3-7,13H,8H2,1-2H3/b11-10+. The number of benzene rings is 1. The summed E-state index contributed by atoms with van der Waals surface area (Å²) in [6, 6.07) is 9.65. The maximum Gasteiger partial charge on any atom is 0.101 e. The Morgan fingerprint density at radius 2 is 1.92 bits per heavy atom. The minimum absolute atomic E-state index is 0.639. The van der Waals surface area contributed by atoms with Crippen LogP contribution in [0.25, 0.3) is 0 Å². The van der Waals surface area contributed by atoms with E-state index in [4.69, 9.17) is 5.21 Å². The molecule has 0 saturated carbocycles. The molecule has 1 aromatic rings. The van der Waals surface area contributed by atoms with Crippen LogP contribution in [0, 0.1) is 0 Å². The van der Waals surface area contributed by atoms with Crippen LogP contribution in [0.4, 0.5) is 0 Å². The SMILES string of the molecule is CN(C)C/C(=N\O)c1ccccc1. The second-order valence-electron chi connectivity index (χ2n) is 3.15. The Morgan fingerprint density at radius 1 is 1.31 bits per heavy atom. The van der Waals surface area contributed by atoms with Crippen LogP contribution < -0.4 is 0 Å². The van der Waals surface area contributed by atoms with Crippen molar-refractivity contribution in [1.29, 1.82) is 0 Å². The number of hydrogen-bond donors (Lipinski definition) is 1. The molecule has 0 heterocycles. The molecule has 0 atom stereocenters. The Morgan fingerprint density at radius 3 is 2.38 bits per heavy atom. The lowest BCUT2D eigenvalue weighted by molar-refractivity contribution is 0.315. The lowest BCUT2D eigenvalue weighted by Crippen LogP contribution is -2.22. The summed E-state index contributed by atoms with van der Waals surface area (Å²) in [6.45, 7) is 0.639. The van der Waals surface area contributed by atoms with Crippen LogP contribution in [0.5, 0.6) is 0 Å². The third-order valence-corrected chi connectivity index (χ3v) is 1.69. The fraction of sp³-hybridized carbons (Fsp3) is 0.300. The molecule has 0 aromatic heterocycles. The summed E-state index contributed by atoms with van der Waals surface area (Å²) in [6.07, 6.45) is 0. The second-order valence-corrected chi connectivity index (χ2v) is 3.15. The minimum atomic E-state index is 0.639. The average Bonchev–Trinajstić information content (AvgIpc) is 2.15. The summed E-state index contributed by atoms with van der Waals surface area (Å²) >= 11 is 0. The fourth-order valence-electron chi connectivity index (χ4n) is 1.11. The van der Waals surface area contributed by atoms with E-state index in [1.807, 2.05) is 49.3 Å². The van der Waals surface area contributed by atoms with E-state index in [0.29, 0.717) is 12.3 Å². The van der Waals surface area contributed by atoms with Gasteiger partial charge in [-0.05, 0) is 14.1 Å². The van der Waals surface area contributed by atoms with Gasteiger partial charge in [0.2, 0.25) is 0 Å². The Labute approximate surface area is 78.3 Å². The third-order valence-electron chi connectivity index (χ3n) is 1.69. The molecule has 13 heavy (non-hydrogen) atoms. The van der Waals surface area contributed by atoms with Gasteiger partial charge in [-0.15, -0.1) is 0 Å². The Balaban J connectivity index is 2.80. The number of hydrogen-bond acceptors (Lipinski definition) is 3. The Bertz CT molecular complexity index is 280. The molecule has 3 nitrogen and oxygen atoms in total. The van der Waals surface area contributed by atoms with E-state index in [2.05, 4.69) is 5.16 Å². The lowest BCUT2D eigenvalue weighted by atomic mass is 10.1. The van der Waals surface area contributed by atoms with E-state index in [1.54, 1.807) is 0 Å². The van der Waals surface area contributed by atoms with Gasteiger partial charge in [0.1, 0.15) is 5.71 Å². The zero-order valence-corrected chi connectivity index (χ0v) is 7.94. The van der Waals surface area contributed by atoms with Gasteiger partial charge in [-0.2, -0.15) is 0 Å². The maximum atomic E-state index is 8.79. The largest absolute Gasteiger partial charge is 0.411 e. The van der Waals surface area contributed by atoms with Crippen LogP contribution >= 0.6 is 0 Å².